The standard InChI is InChI=1S/C13H11FN4O/c1-18(9-4-2-3-8(14)7-9)11-6-5-10(15)12-13(11)17-19-16-12/h2-7H,15H2,1H3. The van der Waals surface area contributed by atoms with Crippen LogP contribution in [0.1, 0.15) is 0 Å². The minimum Gasteiger partial charge on any atom is -0.397 e. The van der Waals surface area contributed by atoms with Crippen LogP contribution in [-0.2, 0) is 0 Å². The molecule has 0 aliphatic rings. The minimum absolute atomic E-state index is 0.297. The van der Waals surface area contributed by atoms with Crippen molar-refractivity contribution in [1.29, 1.82) is 0 Å². The number of benzene rings is 2. The van der Waals surface area contributed by atoms with Crippen LogP contribution in [0.15, 0.2) is 41.0 Å². The van der Waals surface area contributed by atoms with Gasteiger partial charge in [-0.1, -0.05) is 6.07 Å². The lowest BCUT2D eigenvalue weighted by Crippen LogP contribution is -2.10. The second-order valence-electron chi connectivity index (χ2n) is 4.17. The number of hydrogen-bond acceptors (Lipinski definition) is 5. The van der Waals surface area contributed by atoms with E-state index in [0.29, 0.717) is 22.4 Å². The molecule has 0 unspecified atom stereocenters. The van der Waals surface area contributed by atoms with Crippen molar-refractivity contribution >= 4 is 28.1 Å². The van der Waals surface area contributed by atoms with Gasteiger partial charge in [-0.05, 0) is 40.6 Å². The first kappa shape index (κ1) is 11.5. The predicted molar refractivity (Wildman–Crippen MR) is 70.7 cm³/mol. The summed E-state index contributed by atoms with van der Waals surface area (Å²) in [4.78, 5) is 1.80. The quantitative estimate of drug-likeness (QED) is 0.716. The first-order valence-corrected chi connectivity index (χ1v) is 5.67. The van der Waals surface area contributed by atoms with Crippen molar-refractivity contribution in [3.63, 3.8) is 0 Å². The number of fused-ring (bicyclic) bond motifs is 1. The lowest BCUT2D eigenvalue weighted by atomic mass is 10.2. The van der Waals surface area contributed by atoms with Crippen molar-refractivity contribution < 1.29 is 9.02 Å². The van der Waals surface area contributed by atoms with Gasteiger partial charge in [-0.25, -0.2) is 9.02 Å². The highest BCUT2D eigenvalue weighted by atomic mass is 19.1. The average molecular weight is 258 g/mol. The lowest BCUT2D eigenvalue weighted by molar-refractivity contribution is 0.315. The third kappa shape index (κ3) is 1.87. The maximum Gasteiger partial charge on any atom is 0.160 e. The fourth-order valence-corrected chi connectivity index (χ4v) is 1.97. The van der Waals surface area contributed by atoms with E-state index in [-0.39, 0.29) is 5.82 Å². The largest absolute Gasteiger partial charge is 0.397 e. The molecular formula is C13H11FN4O. The summed E-state index contributed by atoms with van der Waals surface area (Å²) in [5.74, 6) is -0.297. The number of rotatable bonds is 2. The molecule has 0 saturated heterocycles. The van der Waals surface area contributed by atoms with Crippen molar-refractivity contribution in [2.24, 2.45) is 0 Å². The Hall–Kier alpha value is -2.63. The number of hydrogen-bond donors (Lipinski definition) is 1. The van der Waals surface area contributed by atoms with Crippen molar-refractivity contribution in [3.8, 4) is 0 Å². The van der Waals surface area contributed by atoms with Gasteiger partial charge >= 0.3 is 0 Å². The SMILES string of the molecule is CN(c1cccc(F)c1)c1ccc(N)c2nonc12. The van der Waals surface area contributed by atoms with E-state index < -0.39 is 0 Å². The van der Waals surface area contributed by atoms with Crippen LogP contribution in [0.2, 0.25) is 0 Å². The molecule has 1 heterocycles. The van der Waals surface area contributed by atoms with E-state index in [4.69, 9.17) is 10.4 Å². The van der Waals surface area contributed by atoms with Gasteiger partial charge < -0.3 is 10.6 Å². The highest BCUT2D eigenvalue weighted by molar-refractivity contribution is 5.96. The van der Waals surface area contributed by atoms with E-state index in [1.54, 1.807) is 29.2 Å². The van der Waals surface area contributed by atoms with Gasteiger partial charge in [-0.2, -0.15) is 0 Å². The Kier molecular flexibility index (Phi) is 2.56. The van der Waals surface area contributed by atoms with Crippen LogP contribution in [0.5, 0.6) is 0 Å². The molecule has 3 rings (SSSR count). The van der Waals surface area contributed by atoms with Crippen molar-refractivity contribution in [2.45, 2.75) is 0 Å². The molecule has 0 atom stereocenters. The van der Waals surface area contributed by atoms with Crippen molar-refractivity contribution in [3.05, 3.63) is 42.2 Å². The summed E-state index contributed by atoms with van der Waals surface area (Å²) in [5, 5.41) is 7.61. The van der Waals surface area contributed by atoms with Gasteiger partial charge in [0.15, 0.2) is 11.0 Å². The fourth-order valence-electron chi connectivity index (χ4n) is 1.97. The van der Waals surface area contributed by atoms with Crippen molar-refractivity contribution in [1.82, 2.24) is 10.3 Å². The van der Waals surface area contributed by atoms with Crippen LogP contribution in [0, 0.1) is 5.82 Å². The van der Waals surface area contributed by atoms with Crippen LogP contribution < -0.4 is 10.6 Å². The van der Waals surface area contributed by atoms with E-state index in [1.807, 2.05) is 7.05 Å². The van der Waals surface area contributed by atoms with Gasteiger partial charge in [0.2, 0.25) is 0 Å². The molecular weight excluding hydrogens is 247 g/mol. The Morgan fingerprint density at radius 2 is 1.95 bits per heavy atom. The molecule has 1 aromatic heterocycles. The van der Waals surface area contributed by atoms with Gasteiger partial charge in [-0.15, -0.1) is 0 Å². The van der Waals surface area contributed by atoms with Gasteiger partial charge in [0.1, 0.15) is 5.82 Å². The molecule has 6 heteroatoms. The number of nitrogens with zero attached hydrogens (tertiary/aromatic N) is 3. The smallest absolute Gasteiger partial charge is 0.160 e. The molecule has 0 radical (unpaired) electrons. The molecule has 0 fully saturated rings. The molecule has 5 nitrogen and oxygen atoms in total. The molecule has 2 aromatic carbocycles. The third-order valence-electron chi connectivity index (χ3n) is 2.98. The molecule has 19 heavy (non-hydrogen) atoms. The predicted octanol–water partition coefficient (Wildman–Crippen LogP) is 2.71. The summed E-state index contributed by atoms with van der Waals surface area (Å²) in [6.45, 7) is 0. The van der Waals surface area contributed by atoms with E-state index >= 15 is 0 Å². The summed E-state index contributed by atoms with van der Waals surface area (Å²) >= 11 is 0. The molecule has 0 amide bonds. The third-order valence-corrected chi connectivity index (χ3v) is 2.98. The van der Waals surface area contributed by atoms with E-state index in [0.717, 1.165) is 5.69 Å². The topological polar surface area (TPSA) is 68.2 Å². The zero-order valence-electron chi connectivity index (χ0n) is 10.2. The molecule has 2 N–H and O–H groups in total. The van der Waals surface area contributed by atoms with Crippen LogP contribution in [0.25, 0.3) is 11.0 Å². The summed E-state index contributed by atoms with van der Waals surface area (Å²) in [7, 11) is 1.81. The highest BCUT2D eigenvalue weighted by Crippen LogP contribution is 2.32. The molecule has 0 saturated carbocycles. The van der Waals surface area contributed by atoms with Crippen LogP contribution in [-0.4, -0.2) is 17.4 Å². The Balaban J connectivity index is 2.14. The molecule has 96 valence electrons. The summed E-state index contributed by atoms with van der Waals surface area (Å²) in [5.41, 5.74) is 8.78. The Bertz CT molecular complexity index is 740. The molecule has 3 aromatic rings. The zero-order valence-corrected chi connectivity index (χ0v) is 10.2. The Morgan fingerprint density at radius 1 is 1.16 bits per heavy atom. The number of nitrogen functional groups attached to an aromatic ring is 1. The second-order valence-corrected chi connectivity index (χ2v) is 4.17. The molecule has 0 aliphatic heterocycles. The monoisotopic (exact) mass is 258 g/mol. The summed E-state index contributed by atoms with van der Waals surface area (Å²) in [6, 6.07) is 9.81. The number of aromatic nitrogens is 2. The highest BCUT2D eigenvalue weighted by Gasteiger charge is 2.14. The van der Waals surface area contributed by atoms with Gasteiger partial charge in [-0.3, -0.25) is 0 Å². The van der Waals surface area contributed by atoms with E-state index in [2.05, 4.69) is 10.3 Å². The number of nitrogens with two attached hydrogens (primary N) is 1. The van der Waals surface area contributed by atoms with Crippen LogP contribution in [0.3, 0.4) is 0 Å². The van der Waals surface area contributed by atoms with Crippen molar-refractivity contribution in [2.75, 3.05) is 17.7 Å². The van der Waals surface area contributed by atoms with E-state index in [9.17, 15) is 4.39 Å². The van der Waals surface area contributed by atoms with Gasteiger partial charge in [0, 0.05) is 12.7 Å². The Morgan fingerprint density at radius 3 is 2.74 bits per heavy atom. The maximum absolute atomic E-state index is 13.3. The average Bonchev–Trinajstić information content (AvgIpc) is 2.89. The normalized spacial score (nSPS) is 10.8. The minimum atomic E-state index is -0.297. The fraction of sp³-hybridized carbons (Fsp3) is 0.0769. The first-order valence-electron chi connectivity index (χ1n) is 5.67. The number of anilines is 3. The Labute approximate surface area is 108 Å². The zero-order chi connectivity index (χ0) is 13.4. The summed E-state index contributed by atoms with van der Waals surface area (Å²) < 4.78 is 18.0. The van der Waals surface area contributed by atoms with Crippen LogP contribution in [0.4, 0.5) is 21.5 Å². The first-order chi connectivity index (χ1) is 9.16. The second kappa shape index (κ2) is 4.24. The van der Waals surface area contributed by atoms with Crippen LogP contribution >= 0.6 is 0 Å². The lowest BCUT2D eigenvalue weighted by Gasteiger charge is -2.19. The molecule has 0 bridgehead atoms. The maximum atomic E-state index is 13.3. The van der Waals surface area contributed by atoms with Gasteiger partial charge in [0.25, 0.3) is 0 Å². The van der Waals surface area contributed by atoms with E-state index in [1.165, 1.54) is 12.1 Å². The number of halogens is 1. The summed E-state index contributed by atoms with van der Waals surface area (Å²) in [6.07, 6.45) is 0. The van der Waals surface area contributed by atoms with Gasteiger partial charge in [0.05, 0.1) is 11.4 Å². The molecule has 0 aliphatic carbocycles. The molecule has 0 spiro atoms.